The first-order valence-electron chi connectivity index (χ1n) is 12.5. The van der Waals surface area contributed by atoms with E-state index in [1.807, 2.05) is 0 Å². The first-order chi connectivity index (χ1) is 17.2. The van der Waals surface area contributed by atoms with Gasteiger partial charge in [0.1, 0.15) is 43.2 Å². The molecule has 8 atom stereocenters. The number of hydrogen-bond donors (Lipinski definition) is 6. The summed E-state index contributed by atoms with van der Waals surface area (Å²) in [5, 5.41) is 47.5. The zero-order valence-electron chi connectivity index (χ0n) is 20.3. The Hall–Kier alpha value is -1.87. The van der Waals surface area contributed by atoms with Crippen molar-refractivity contribution in [2.45, 2.75) is 99.4 Å². The van der Waals surface area contributed by atoms with Crippen LogP contribution in [0.5, 0.6) is 0 Å². The Kier molecular flexibility index (Phi) is 8.81. The second-order valence-electron chi connectivity index (χ2n) is 10.2. The summed E-state index contributed by atoms with van der Waals surface area (Å²) in [4.78, 5) is 38.3. The van der Waals surface area contributed by atoms with Gasteiger partial charge in [0.25, 0.3) is 0 Å². The monoisotopic (exact) mass is 515 g/mol. The number of aliphatic hydroxyl groups excluding tert-OH is 4. The highest BCUT2D eigenvalue weighted by molar-refractivity contribution is 5.78. The SMILES string of the molecule is COCC(=O)N(C[C@H]1O[C@@H](CC(=O)NC2CC2)[C@H](O)[C@@H]1O)C[C@H]1O[C@@H](CC(=O)NC2CC2)[C@H](O)[C@@H]1O. The van der Waals surface area contributed by atoms with Crippen molar-refractivity contribution in [2.75, 3.05) is 26.8 Å². The van der Waals surface area contributed by atoms with Gasteiger partial charge < -0.3 is 50.2 Å². The Balaban J connectivity index is 1.35. The normalized spacial score (nSPS) is 36.0. The van der Waals surface area contributed by atoms with E-state index in [9.17, 15) is 34.8 Å². The molecule has 2 aliphatic heterocycles. The van der Waals surface area contributed by atoms with E-state index in [1.54, 1.807) is 0 Å². The maximum absolute atomic E-state index is 12.7. The van der Waals surface area contributed by atoms with Gasteiger partial charge in [-0.05, 0) is 25.7 Å². The minimum atomic E-state index is -1.35. The fourth-order valence-corrected chi connectivity index (χ4v) is 4.61. The summed E-state index contributed by atoms with van der Waals surface area (Å²) in [6.45, 7) is -0.634. The predicted octanol–water partition coefficient (Wildman–Crippen LogP) is -3.22. The number of amides is 3. The van der Waals surface area contributed by atoms with Crippen molar-refractivity contribution >= 4 is 17.7 Å². The molecule has 0 aromatic heterocycles. The van der Waals surface area contributed by atoms with Crippen LogP contribution in [0.4, 0.5) is 0 Å². The van der Waals surface area contributed by atoms with Gasteiger partial charge in [-0.3, -0.25) is 14.4 Å². The summed E-state index contributed by atoms with van der Waals surface area (Å²) in [6.07, 6.45) is -5.79. The Morgan fingerprint density at radius 1 is 0.750 bits per heavy atom. The predicted molar refractivity (Wildman–Crippen MR) is 121 cm³/mol. The summed E-state index contributed by atoms with van der Waals surface area (Å²) in [6, 6.07) is 0.298. The van der Waals surface area contributed by atoms with Gasteiger partial charge >= 0.3 is 0 Å². The maximum atomic E-state index is 12.7. The Bertz CT molecular complexity index is 751. The molecule has 3 amide bonds. The number of rotatable bonds is 12. The highest BCUT2D eigenvalue weighted by Gasteiger charge is 2.47. The van der Waals surface area contributed by atoms with Crippen LogP contribution in [0.25, 0.3) is 0 Å². The summed E-state index contributed by atoms with van der Waals surface area (Å²) in [7, 11) is 1.34. The van der Waals surface area contributed by atoms with Gasteiger partial charge in [0, 0.05) is 32.3 Å². The molecule has 4 fully saturated rings. The minimum Gasteiger partial charge on any atom is -0.388 e. The summed E-state index contributed by atoms with van der Waals surface area (Å²) >= 11 is 0. The number of carbonyl (C=O) groups is 3. The van der Waals surface area contributed by atoms with Crippen LogP contribution >= 0.6 is 0 Å². The van der Waals surface area contributed by atoms with Crippen molar-refractivity contribution in [1.29, 1.82) is 0 Å². The van der Waals surface area contributed by atoms with E-state index in [2.05, 4.69) is 10.6 Å². The van der Waals surface area contributed by atoms with Gasteiger partial charge in [-0.1, -0.05) is 0 Å². The van der Waals surface area contributed by atoms with Crippen LogP contribution in [0.3, 0.4) is 0 Å². The second-order valence-corrected chi connectivity index (χ2v) is 10.2. The number of nitrogens with one attached hydrogen (secondary N) is 2. The molecular weight excluding hydrogens is 478 g/mol. The number of methoxy groups -OCH3 is 1. The molecule has 13 nitrogen and oxygen atoms in total. The van der Waals surface area contributed by atoms with Crippen LogP contribution in [0.15, 0.2) is 0 Å². The van der Waals surface area contributed by atoms with Crippen molar-refractivity contribution < 1.29 is 49.0 Å². The van der Waals surface area contributed by atoms with Crippen molar-refractivity contribution in [1.82, 2.24) is 15.5 Å². The van der Waals surface area contributed by atoms with Gasteiger partial charge in [0.15, 0.2) is 0 Å². The molecule has 0 radical (unpaired) electrons. The number of carbonyl (C=O) groups excluding carboxylic acids is 3. The van der Waals surface area contributed by atoms with E-state index in [1.165, 1.54) is 12.0 Å². The largest absolute Gasteiger partial charge is 0.388 e. The Morgan fingerprint density at radius 2 is 1.14 bits per heavy atom. The molecule has 0 aromatic rings. The minimum absolute atomic E-state index is 0.126. The van der Waals surface area contributed by atoms with E-state index in [0.29, 0.717) is 0 Å². The number of hydrogen-bond acceptors (Lipinski definition) is 10. The molecule has 0 unspecified atom stereocenters. The third-order valence-electron chi connectivity index (χ3n) is 7.00. The van der Waals surface area contributed by atoms with Crippen molar-refractivity contribution in [2.24, 2.45) is 0 Å². The fraction of sp³-hybridized carbons (Fsp3) is 0.870. The number of aliphatic hydroxyl groups is 4. The summed E-state index contributed by atoms with van der Waals surface area (Å²) in [5.74, 6) is -1.05. The molecule has 0 aromatic carbocycles. The lowest BCUT2D eigenvalue weighted by atomic mass is 10.0. The van der Waals surface area contributed by atoms with E-state index >= 15 is 0 Å². The lowest BCUT2D eigenvalue weighted by Gasteiger charge is -2.29. The first-order valence-corrected chi connectivity index (χ1v) is 12.5. The van der Waals surface area contributed by atoms with Crippen LogP contribution in [-0.4, -0.2) is 131 Å². The van der Waals surface area contributed by atoms with E-state index in [0.717, 1.165) is 25.7 Å². The highest BCUT2D eigenvalue weighted by Crippen LogP contribution is 2.28. The smallest absolute Gasteiger partial charge is 0.248 e. The molecule has 0 bridgehead atoms. The van der Waals surface area contributed by atoms with Gasteiger partial charge in [-0.25, -0.2) is 0 Å². The summed E-state index contributed by atoms with van der Waals surface area (Å²) in [5.41, 5.74) is 0. The van der Waals surface area contributed by atoms with Crippen LogP contribution in [0, 0.1) is 0 Å². The molecule has 204 valence electrons. The van der Waals surface area contributed by atoms with E-state index < -0.39 is 54.7 Å². The van der Waals surface area contributed by atoms with Gasteiger partial charge in [-0.15, -0.1) is 0 Å². The van der Waals surface area contributed by atoms with E-state index in [4.69, 9.17) is 14.2 Å². The van der Waals surface area contributed by atoms with E-state index in [-0.39, 0.29) is 56.4 Å². The zero-order chi connectivity index (χ0) is 26.0. The van der Waals surface area contributed by atoms with Gasteiger partial charge in [0.2, 0.25) is 17.7 Å². The lowest BCUT2D eigenvalue weighted by molar-refractivity contribution is -0.142. The van der Waals surface area contributed by atoms with Crippen molar-refractivity contribution in [3.05, 3.63) is 0 Å². The number of nitrogens with zero attached hydrogens (tertiary/aromatic N) is 1. The van der Waals surface area contributed by atoms with Gasteiger partial charge in [-0.2, -0.15) is 0 Å². The molecule has 2 saturated heterocycles. The second kappa shape index (κ2) is 11.7. The summed E-state index contributed by atoms with van der Waals surface area (Å²) < 4.78 is 16.4. The lowest BCUT2D eigenvalue weighted by Crippen LogP contribution is -2.49. The van der Waals surface area contributed by atoms with Crippen LogP contribution in [0.2, 0.25) is 0 Å². The average molecular weight is 516 g/mol. The molecular formula is C23H37N3O10. The molecule has 0 spiro atoms. The molecule has 4 aliphatic rings. The average Bonchev–Trinajstić information content (AvgIpc) is 3.75. The third kappa shape index (κ3) is 6.91. The van der Waals surface area contributed by atoms with Crippen molar-refractivity contribution in [3.63, 3.8) is 0 Å². The molecule has 13 heteroatoms. The molecule has 36 heavy (non-hydrogen) atoms. The molecule has 4 rings (SSSR count). The zero-order valence-corrected chi connectivity index (χ0v) is 20.3. The third-order valence-corrected chi connectivity index (χ3v) is 7.00. The number of ether oxygens (including phenoxy) is 3. The quantitative estimate of drug-likeness (QED) is 0.154. The highest BCUT2D eigenvalue weighted by atomic mass is 16.6. The fourth-order valence-electron chi connectivity index (χ4n) is 4.61. The molecule has 6 N–H and O–H groups in total. The van der Waals surface area contributed by atoms with Gasteiger partial charge in [0.05, 0.1) is 25.0 Å². The van der Waals surface area contributed by atoms with Crippen LogP contribution in [0.1, 0.15) is 38.5 Å². The Morgan fingerprint density at radius 3 is 1.50 bits per heavy atom. The topological polar surface area (TPSA) is 187 Å². The molecule has 2 heterocycles. The van der Waals surface area contributed by atoms with Crippen LogP contribution < -0.4 is 10.6 Å². The van der Waals surface area contributed by atoms with Crippen LogP contribution in [-0.2, 0) is 28.6 Å². The molecule has 2 saturated carbocycles. The maximum Gasteiger partial charge on any atom is 0.248 e. The van der Waals surface area contributed by atoms with Crippen molar-refractivity contribution in [3.8, 4) is 0 Å². The first kappa shape index (κ1) is 27.2. The standard InChI is InChI=1S/C23H37N3O10/c1-34-10-19(29)26(8-15-22(32)20(30)13(35-15)6-17(27)24-11-2-3-11)9-16-23(33)21(31)14(36-16)7-18(28)25-12-4-5-12/h11-16,20-23,30-33H,2-10H2,1H3,(H,24,27)(H,25,28)/t13-,14-,15+,16+,20-,21-,22+,23+/m0/s1. The Labute approximate surface area is 209 Å². The molecule has 2 aliphatic carbocycles.